The van der Waals surface area contributed by atoms with E-state index in [9.17, 15) is 27.6 Å². The minimum atomic E-state index is -4.66. The molecule has 36 heavy (non-hydrogen) atoms. The molecule has 0 aliphatic heterocycles. The number of aromatic carboxylic acids is 2. The third-order valence-corrected chi connectivity index (χ3v) is 7.48. The Kier molecular flexibility index (Phi) is 8.17. The molecule has 0 radical (unpaired) electrons. The first-order valence-corrected chi connectivity index (χ1v) is 12.9. The molecule has 4 N–H and O–H groups in total. The second kappa shape index (κ2) is 10.9. The van der Waals surface area contributed by atoms with Crippen LogP contribution in [-0.4, -0.2) is 57.0 Å². The van der Waals surface area contributed by atoms with Crippen LogP contribution in [0.15, 0.2) is 46.7 Å². The van der Waals surface area contributed by atoms with E-state index in [0.29, 0.717) is 17.7 Å². The van der Waals surface area contributed by atoms with Gasteiger partial charge in [0, 0.05) is 11.3 Å². The minimum Gasteiger partial charge on any atom is -0.481 e. The third kappa shape index (κ3) is 5.93. The number of aromatic nitrogens is 1. The summed E-state index contributed by atoms with van der Waals surface area (Å²) < 4.78 is 31.5. The predicted octanol–water partition coefficient (Wildman–Crippen LogP) is 3.70. The van der Waals surface area contributed by atoms with Gasteiger partial charge in [0.2, 0.25) is 0 Å². The highest BCUT2D eigenvalue weighted by molar-refractivity contribution is 7.86. The van der Waals surface area contributed by atoms with E-state index in [4.69, 9.17) is 19.9 Å². The zero-order chi connectivity index (χ0) is 26.6. The lowest BCUT2D eigenvalue weighted by Gasteiger charge is -2.26. The number of ketones is 1. The van der Waals surface area contributed by atoms with E-state index in [1.54, 1.807) is 6.07 Å². The van der Waals surface area contributed by atoms with Gasteiger partial charge in [-0.1, -0.05) is 31.0 Å². The van der Waals surface area contributed by atoms with Crippen molar-refractivity contribution < 1.29 is 47.5 Å². The van der Waals surface area contributed by atoms with Crippen molar-refractivity contribution in [2.24, 2.45) is 11.8 Å². The molecule has 4 rings (SSSR count). The molecule has 1 fully saturated rings. The minimum absolute atomic E-state index is 0.0158. The number of pyridine rings is 1. The van der Waals surface area contributed by atoms with E-state index in [0.717, 1.165) is 25.0 Å². The van der Waals surface area contributed by atoms with E-state index in [1.165, 1.54) is 23.5 Å². The number of carboxylic acid groups (broad SMARTS) is 3. The van der Waals surface area contributed by atoms with E-state index in [1.807, 2.05) is 11.4 Å². The lowest BCUT2D eigenvalue weighted by molar-refractivity contribution is -0.144. The van der Waals surface area contributed by atoms with Crippen LogP contribution in [0.25, 0.3) is 10.9 Å². The van der Waals surface area contributed by atoms with Crippen molar-refractivity contribution in [3.63, 3.8) is 0 Å². The SMILES string of the molecule is O=C(O)[C@H]1CCCC[C@H]1C(=O)c1cccs1.O=C(O)c1cc(C(=O)O)c2cccc(S(=O)(=O)O)c2n1. The maximum atomic E-state index is 12.1. The van der Waals surface area contributed by atoms with Crippen molar-refractivity contribution in [1.82, 2.24) is 4.98 Å². The number of benzene rings is 1. The fourth-order valence-electron chi connectivity index (χ4n) is 4.06. The van der Waals surface area contributed by atoms with Crippen LogP contribution < -0.4 is 0 Å². The van der Waals surface area contributed by atoms with Crippen molar-refractivity contribution in [2.45, 2.75) is 30.6 Å². The first-order chi connectivity index (χ1) is 16.9. The maximum absolute atomic E-state index is 12.1. The quantitative estimate of drug-likeness (QED) is 0.265. The van der Waals surface area contributed by atoms with Crippen LogP contribution in [0, 0.1) is 11.8 Å². The molecule has 1 aliphatic carbocycles. The zero-order valence-electron chi connectivity index (χ0n) is 18.5. The van der Waals surface area contributed by atoms with Crippen LogP contribution in [0.1, 0.15) is 56.2 Å². The van der Waals surface area contributed by atoms with Gasteiger partial charge in [-0.15, -0.1) is 11.3 Å². The Morgan fingerprint density at radius 1 is 0.917 bits per heavy atom. The molecule has 190 valence electrons. The number of nitrogens with zero attached hydrogens (tertiary/aromatic N) is 1. The van der Waals surface area contributed by atoms with Gasteiger partial charge in [-0.05, 0) is 36.4 Å². The van der Waals surface area contributed by atoms with Crippen molar-refractivity contribution >= 4 is 56.0 Å². The average Bonchev–Trinajstić information content (AvgIpc) is 3.37. The molecule has 1 aliphatic rings. The molecule has 3 aromatic rings. The molecular formula is C23H21NO10S2. The number of thiophene rings is 1. The van der Waals surface area contributed by atoms with Crippen LogP contribution >= 0.6 is 11.3 Å². The number of para-hydroxylation sites is 1. The van der Waals surface area contributed by atoms with E-state index >= 15 is 0 Å². The van der Waals surface area contributed by atoms with Crippen LogP contribution in [-0.2, 0) is 14.9 Å². The Bertz CT molecular complexity index is 1430. The number of carbonyl (C=O) groups excluding carboxylic acids is 1. The van der Waals surface area contributed by atoms with Crippen LogP contribution in [0.3, 0.4) is 0 Å². The van der Waals surface area contributed by atoms with Crippen molar-refractivity contribution in [3.8, 4) is 0 Å². The van der Waals surface area contributed by atoms with E-state index in [2.05, 4.69) is 4.98 Å². The summed E-state index contributed by atoms with van der Waals surface area (Å²) in [5, 5.41) is 28.8. The highest BCUT2D eigenvalue weighted by Gasteiger charge is 2.36. The lowest BCUT2D eigenvalue weighted by Crippen LogP contribution is -2.32. The number of carboxylic acids is 3. The summed E-state index contributed by atoms with van der Waals surface area (Å²) >= 11 is 1.40. The van der Waals surface area contributed by atoms with Gasteiger partial charge in [-0.3, -0.25) is 14.1 Å². The monoisotopic (exact) mass is 535 g/mol. The fourth-order valence-corrected chi connectivity index (χ4v) is 5.44. The topological polar surface area (TPSA) is 196 Å². The van der Waals surface area contributed by atoms with Gasteiger partial charge in [0.1, 0.15) is 10.6 Å². The van der Waals surface area contributed by atoms with Crippen molar-refractivity contribution in [1.29, 1.82) is 0 Å². The average molecular weight is 536 g/mol. The molecule has 1 saturated carbocycles. The molecule has 2 heterocycles. The van der Waals surface area contributed by atoms with Crippen molar-refractivity contribution in [3.05, 3.63) is 57.9 Å². The van der Waals surface area contributed by atoms with Gasteiger partial charge in [0.15, 0.2) is 5.78 Å². The Morgan fingerprint density at radius 2 is 1.58 bits per heavy atom. The first-order valence-electron chi connectivity index (χ1n) is 10.6. The van der Waals surface area contributed by atoms with Gasteiger partial charge in [0.25, 0.3) is 10.1 Å². The van der Waals surface area contributed by atoms with Gasteiger partial charge >= 0.3 is 17.9 Å². The number of hydrogen-bond acceptors (Lipinski definition) is 8. The summed E-state index contributed by atoms with van der Waals surface area (Å²) in [6.07, 6.45) is 3.24. The van der Waals surface area contributed by atoms with Gasteiger partial charge < -0.3 is 15.3 Å². The van der Waals surface area contributed by atoms with Gasteiger partial charge in [-0.25, -0.2) is 14.6 Å². The number of fused-ring (bicyclic) bond motifs is 1. The largest absolute Gasteiger partial charge is 0.481 e. The normalized spacial score (nSPS) is 17.6. The molecule has 11 nitrogen and oxygen atoms in total. The Labute approximate surface area is 208 Å². The Hall–Kier alpha value is -3.68. The predicted molar refractivity (Wildman–Crippen MR) is 127 cm³/mol. The summed E-state index contributed by atoms with van der Waals surface area (Å²) in [4.78, 5) is 48.9. The molecule has 0 saturated heterocycles. The fraction of sp³-hybridized carbons (Fsp3) is 0.261. The molecule has 13 heteroatoms. The molecule has 1 aromatic carbocycles. The van der Waals surface area contributed by atoms with Gasteiger partial charge in [0.05, 0.1) is 21.9 Å². The van der Waals surface area contributed by atoms with Crippen LogP contribution in [0.5, 0.6) is 0 Å². The Morgan fingerprint density at radius 3 is 2.11 bits per heavy atom. The molecule has 0 bridgehead atoms. The summed E-state index contributed by atoms with van der Waals surface area (Å²) in [6.45, 7) is 0. The summed E-state index contributed by atoms with van der Waals surface area (Å²) in [5.74, 6) is -4.56. The van der Waals surface area contributed by atoms with E-state index < -0.39 is 55.6 Å². The molecule has 0 spiro atoms. The maximum Gasteiger partial charge on any atom is 0.354 e. The summed E-state index contributed by atoms with van der Waals surface area (Å²) in [7, 11) is -4.66. The van der Waals surface area contributed by atoms with Gasteiger partial charge in [-0.2, -0.15) is 8.42 Å². The standard InChI is InChI=1S/C12H14O3S.C11H7NO7S/c13-11(10-6-3-7-16-10)8-4-1-2-5-9(8)12(14)15;13-10(14)6-4-7(11(15)16)12-9-5(6)2-1-3-8(9)20(17,18)19/h3,6-9H,1-2,4-5H2,(H,14,15);1-4H,(H,13,14)(H,15,16)(H,17,18,19)/t8-,9+;/m1./s1. The lowest BCUT2D eigenvalue weighted by atomic mass is 9.76. The first kappa shape index (κ1) is 26.9. The zero-order valence-corrected chi connectivity index (χ0v) is 20.2. The molecular weight excluding hydrogens is 514 g/mol. The summed E-state index contributed by atoms with van der Waals surface area (Å²) in [6, 6.07) is 7.92. The Balaban J connectivity index is 0.000000205. The molecule has 0 amide bonds. The number of Topliss-reactive ketones (excluding diaryl/α,β-unsaturated/α-hetero) is 1. The van der Waals surface area contributed by atoms with E-state index in [-0.39, 0.29) is 17.1 Å². The second-order valence-corrected chi connectivity index (χ2v) is 10.3. The highest BCUT2D eigenvalue weighted by Crippen LogP contribution is 2.33. The smallest absolute Gasteiger partial charge is 0.354 e. The van der Waals surface area contributed by atoms with Crippen molar-refractivity contribution in [2.75, 3.05) is 0 Å². The van der Waals surface area contributed by atoms with Crippen LogP contribution in [0.4, 0.5) is 0 Å². The number of hydrogen-bond donors (Lipinski definition) is 4. The number of carbonyl (C=O) groups is 4. The molecule has 2 atom stereocenters. The number of rotatable bonds is 6. The summed E-state index contributed by atoms with van der Waals surface area (Å²) in [5.41, 5.74) is -1.46. The highest BCUT2D eigenvalue weighted by atomic mass is 32.2. The number of aliphatic carboxylic acids is 1. The third-order valence-electron chi connectivity index (χ3n) is 5.71. The molecule has 2 aromatic heterocycles. The van der Waals surface area contributed by atoms with Crippen LogP contribution in [0.2, 0.25) is 0 Å². The molecule has 0 unspecified atom stereocenters. The second-order valence-electron chi connectivity index (χ2n) is 7.97.